The number of carboxylic acid groups (broad SMARTS) is 3. The summed E-state index contributed by atoms with van der Waals surface area (Å²) in [7, 11) is 0. The van der Waals surface area contributed by atoms with Gasteiger partial charge < -0.3 is 69.2 Å². The Bertz CT molecular complexity index is 1580. The summed E-state index contributed by atoms with van der Waals surface area (Å²) in [6.07, 6.45) is -1.12. The number of hydrogen-bond donors (Lipinski definition) is 12. The summed E-state index contributed by atoms with van der Waals surface area (Å²) < 4.78 is 5.72. The largest absolute Gasteiger partial charge is 0.481 e. The van der Waals surface area contributed by atoms with Gasteiger partial charge in [0.25, 0.3) is 0 Å². The molecule has 6 amide bonds. The Kier molecular flexibility index (Phi) is 27.0. The molecule has 0 rings (SSSR count). The smallest absolute Gasteiger partial charge is 0.329 e. The second kappa shape index (κ2) is 29.3. The summed E-state index contributed by atoms with van der Waals surface area (Å²) in [4.78, 5) is 126. The first kappa shape index (κ1) is 57.9. The lowest BCUT2D eigenvalue weighted by atomic mass is 9.98. The van der Waals surface area contributed by atoms with E-state index >= 15 is 0 Å². The van der Waals surface area contributed by atoms with Crippen LogP contribution >= 0.6 is 11.8 Å². The van der Waals surface area contributed by atoms with Crippen LogP contribution < -0.4 is 49.1 Å². The van der Waals surface area contributed by atoms with Crippen molar-refractivity contribution in [1.82, 2.24) is 31.9 Å². The predicted octanol–water partition coefficient (Wildman–Crippen LogP) is -2.24. The molecule has 0 aromatic heterocycles. The average molecular weight is 920 g/mol. The monoisotopic (exact) mass is 919 g/mol. The summed E-state index contributed by atoms with van der Waals surface area (Å²) in [5.74, 6) is -10.6. The number of amides is 6. The van der Waals surface area contributed by atoms with Gasteiger partial charge in [-0.15, -0.1) is 0 Å². The van der Waals surface area contributed by atoms with Crippen molar-refractivity contribution in [1.29, 1.82) is 0 Å². The molecule has 0 aliphatic carbocycles. The molecule has 0 radical (unpaired) electrons. The average Bonchev–Trinajstić information content (AvgIpc) is 3.16. The fourth-order valence-corrected chi connectivity index (χ4v) is 6.38. The fourth-order valence-electron chi connectivity index (χ4n) is 5.91. The minimum Gasteiger partial charge on any atom is -0.481 e. The molecule has 0 aromatic carbocycles. The number of ether oxygens (including phenoxy) is 1. The summed E-state index contributed by atoms with van der Waals surface area (Å²) in [5.41, 5.74) is 17.5. The van der Waals surface area contributed by atoms with Crippen molar-refractivity contribution in [3.05, 3.63) is 0 Å². The lowest BCUT2D eigenvalue weighted by Crippen LogP contribution is -2.60. The van der Waals surface area contributed by atoms with Crippen molar-refractivity contribution in [2.45, 2.75) is 148 Å². The minimum absolute atomic E-state index is 0.0107. The van der Waals surface area contributed by atoms with E-state index in [9.17, 15) is 53.1 Å². The molecule has 9 atom stereocenters. The molecule has 0 saturated heterocycles. The molecule has 0 heterocycles. The minimum atomic E-state index is -1.76. The Labute approximate surface area is 371 Å². The first-order valence-corrected chi connectivity index (χ1v) is 22.0. The molecule has 63 heavy (non-hydrogen) atoms. The van der Waals surface area contributed by atoms with E-state index in [4.69, 9.17) is 32.2 Å². The number of thioether (sulfide) groups is 1. The Morgan fingerprint density at radius 2 is 1.13 bits per heavy atom. The highest BCUT2D eigenvalue weighted by atomic mass is 32.2. The van der Waals surface area contributed by atoms with Gasteiger partial charge in [-0.05, 0) is 62.4 Å². The van der Waals surface area contributed by atoms with E-state index in [0.29, 0.717) is 12.2 Å². The second-order valence-corrected chi connectivity index (χ2v) is 17.4. The molecule has 0 aliphatic rings. The molecule has 24 heteroatoms. The maximum atomic E-state index is 13.9. The highest BCUT2D eigenvalue weighted by Gasteiger charge is 2.35. The predicted molar refractivity (Wildman–Crippen MR) is 230 cm³/mol. The van der Waals surface area contributed by atoms with Crippen LogP contribution in [-0.4, -0.2) is 148 Å². The first-order valence-electron chi connectivity index (χ1n) is 20.6. The molecule has 0 unspecified atom stereocenters. The molecule has 0 spiro atoms. The third kappa shape index (κ3) is 23.8. The Morgan fingerprint density at radius 3 is 1.62 bits per heavy atom. The standard InChI is InChI=1S/C39H69N9O14S/c1-18(2)13-23(41)28(62-39(61)27(16-31(53)54)47-34(56)21(7)44-35(57)22(40)9-10-29(49)50)17-43-24(11-12-63-8)36(58)48-32(20(5)6)38(60)46-26(14-19(3)4)37(59)45-25(33(42)55)15-30(51)52/h18-28,32,43H,9-17,40-41H2,1-8H3,(H2,42,55)(H,44,57)(H,45,59)(H,46,60)(H,47,56)(H,48,58)(H,49,50)(H,51,52)(H,53,54)/t21-,22-,23-,24-,25-,26-,27-,28-,32-/m0/s1. The van der Waals surface area contributed by atoms with E-state index < -0.39 is 139 Å². The number of nitrogens with one attached hydrogen (secondary N) is 6. The third-order valence-corrected chi connectivity index (χ3v) is 9.99. The van der Waals surface area contributed by atoms with Crippen LogP contribution in [0.25, 0.3) is 0 Å². The van der Waals surface area contributed by atoms with Gasteiger partial charge in [0.1, 0.15) is 36.3 Å². The van der Waals surface area contributed by atoms with Crippen LogP contribution in [0.5, 0.6) is 0 Å². The van der Waals surface area contributed by atoms with Crippen LogP contribution in [0.2, 0.25) is 0 Å². The zero-order chi connectivity index (χ0) is 48.7. The zero-order valence-corrected chi connectivity index (χ0v) is 38.1. The zero-order valence-electron chi connectivity index (χ0n) is 37.3. The number of primary amides is 1. The van der Waals surface area contributed by atoms with Gasteiger partial charge in [-0.1, -0.05) is 41.5 Å². The van der Waals surface area contributed by atoms with Crippen molar-refractivity contribution in [2.24, 2.45) is 35.0 Å². The molecule has 0 aliphatic heterocycles. The van der Waals surface area contributed by atoms with E-state index in [2.05, 4.69) is 31.9 Å². The van der Waals surface area contributed by atoms with Gasteiger partial charge in [0, 0.05) is 19.0 Å². The van der Waals surface area contributed by atoms with Gasteiger partial charge in [-0.3, -0.25) is 43.2 Å². The number of aliphatic carboxylic acids is 3. The number of carboxylic acids is 3. The van der Waals surface area contributed by atoms with Crippen LogP contribution in [0.4, 0.5) is 0 Å². The van der Waals surface area contributed by atoms with Crippen molar-refractivity contribution < 1.29 is 68.0 Å². The molecular weight excluding hydrogens is 851 g/mol. The number of rotatable bonds is 32. The van der Waals surface area contributed by atoms with Crippen LogP contribution in [-0.2, 0) is 52.7 Å². The highest BCUT2D eigenvalue weighted by Crippen LogP contribution is 2.14. The number of hydrogen-bond acceptors (Lipinski definition) is 15. The van der Waals surface area contributed by atoms with Crippen LogP contribution in [0.1, 0.15) is 93.4 Å². The van der Waals surface area contributed by atoms with E-state index in [1.165, 1.54) is 18.7 Å². The van der Waals surface area contributed by atoms with Gasteiger partial charge >= 0.3 is 23.9 Å². The van der Waals surface area contributed by atoms with Crippen molar-refractivity contribution >= 4 is 71.1 Å². The van der Waals surface area contributed by atoms with E-state index in [-0.39, 0.29) is 37.6 Å². The van der Waals surface area contributed by atoms with Crippen molar-refractivity contribution in [3.8, 4) is 0 Å². The first-order chi connectivity index (χ1) is 29.2. The maximum absolute atomic E-state index is 13.9. The summed E-state index contributed by atoms with van der Waals surface area (Å²) >= 11 is 1.42. The molecule has 360 valence electrons. The molecule has 0 bridgehead atoms. The summed E-state index contributed by atoms with van der Waals surface area (Å²) in [6.45, 7) is 11.6. The van der Waals surface area contributed by atoms with Gasteiger partial charge in [-0.2, -0.15) is 11.8 Å². The van der Waals surface area contributed by atoms with Gasteiger partial charge in [0.2, 0.25) is 35.4 Å². The molecule has 23 nitrogen and oxygen atoms in total. The lowest BCUT2D eigenvalue weighted by Gasteiger charge is -2.30. The molecule has 0 fully saturated rings. The summed E-state index contributed by atoms with van der Waals surface area (Å²) in [6, 6.07) is -10.2. The maximum Gasteiger partial charge on any atom is 0.329 e. The molecule has 0 aromatic rings. The van der Waals surface area contributed by atoms with Crippen molar-refractivity contribution in [3.63, 3.8) is 0 Å². The fraction of sp³-hybridized carbons (Fsp3) is 0.744. The molecule has 15 N–H and O–H groups in total. The Morgan fingerprint density at radius 1 is 0.603 bits per heavy atom. The molecular formula is C39H69N9O14S. The normalized spacial score (nSPS) is 15.6. The van der Waals surface area contributed by atoms with Crippen LogP contribution in [0.15, 0.2) is 0 Å². The van der Waals surface area contributed by atoms with Crippen molar-refractivity contribution in [2.75, 3.05) is 18.6 Å². The van der Waals surface area contributed by atoms with Crippen LogP contribution in [0, 0.1) is 17.8 Å². The highest BCUT2D eigenvalue weighted by molar-refractivity contribution is 7.98. The Hall–Kier alpha value is -5.07. The van der Waals surface area contributed by atoms with Crippen LogP contribution in [0.3, 0.4) is 0 Å². The van der Waals surface area contributed by atoms with E-state index in [1.54, 1.807) is 34.0 Å². The van der Waals surface area contributed by atoms with E-state index in [0.717, 1.165) is 0 Å². The molecule has 0 saturated carbocycles. The number of esters is 1. The van der Waals surface area contributed by atoms with Gasteiger partial charge in [-0.25, -0.2) is 4.79 Å². The van der Waals surface area contributed by atoms with E-state index in [1.807, 2.05) is 13.8 Å². The van der Waals surface area contributed by atoms with Gasteiger partial charge in [0.05, 0.1) is 24.9 Å². The quantitative estimate of drug-likeness (QED) is 0.0317. The summed E-state index contributed by atoms with van der Waals surface area (Å²) in [5, 5.41) is 42.8. The topological polar surface area (TPSA) is 391 Å². The number of nitrogens with two attached hydrogens (primary N) is 3. The SMILES string of the molecule is CSCC[C@H](NC[C@H](OC(=O)[C@H](CC(=O)O)NC(=O)[C@H](C)NC(=O)[C@@H](N)CCC(=O)O)[C@@H](N)CC(C)C)C(=O)N[C@H](C(=O)N[C@@H](CC(C)C)C(=O)N[C@@H](CC(=O)O)C(N)=O)C(C)C. The lowest BCUT2D eigenvalue weighted by molar-refractivity contribution is -0.157. The number of carbonyl (C=O) groups excluding carboxylic acids is 7. The second-order valence-electron chi connectivity index (χ2n) is 16.4. The Balaban J connectivity index is 6.31. The third-order valence-electron chi connectivity index (χ3n) is 9.34. The number of carbonyl (C=O) groups is 10. The van der Waals surface area contributed by atoms with Gasteiger partial charge in [0.15, 0.2) is 0 Å².